The SMILES string of the molecule is CCc1ncoc1C(=O)NCC(F)(F)c1cc(F)cc(F)c1. The number of aryl methyl sites for hydroxylation is 1. The number of alkyl halides is 2. The molecule has 0 aliphatic rings. The molecule has 0 spiro atoms. The maximum absolute atomic E-state index is 13.9. The quantitative estimate of drug-likeness (QED) is 0.863. The second kappa shape index (κ2) is 6.17. The van der Waals surface area contributed by atoms with Gasteiger partial charge in [0.1, 0.15) is 11.6 Å². The van der Waals surface area contributed by atoms with Crippen molar-refractivity contribution >= 4 is 5.91 Å². The topological polar surface area (TPSA) is 55.1 Å². The third-order valence-corrected chi connectivity index (χ3v) is 2.94. The van der Waals surface area contributed by atoms with E-state index in [0.29, 0.717) is 30.3 Å². The minimum absolute atomic E-state index is 0.163. The molecule has 0 bridgehead atoms. The number of oxazole rings is 1. The first kappa shape index (κ1) is 16.0. The molecule has 118 valence electrons. The van der Waals surface area contributed by atoms with Crippen molar-refractivity contribution in [3.8, 4) is 0 Å². The highest BCUT2D eigenvalue weighted by Gasteiger charge is 2.33. The highest BCUT2D eigenvalue weighted by Crippen LogP contribution is 2.28. The summed E-state index contributed by atoms with van der Waals surface area (Å²) in [6.45, 7) is 0.595. The van der Waals surface area contributed by atoms with Gasteiger partial charge in [0.2, 0.25) is 5.76 Å². The molecule has 1 N–H and O–H groups in total. The van der Waals surface area contributed by atoms with E-state index in [-0.39, 0.29) is 5.76 Å². The van der Waals surface area contributed by atoms with E-state index in [9.17, 15) is 22.4 Å². The van der Waals surface area contributed by atoms with E-state index >= 15 is 0 Å². The van der Waals surface area contributed by atoms with Gasteiger partial charge < -0.3 is 9.73 Å². The van der Waals surface area contributed by atoms with E-state index in [2.05, 4.69) is 4.98 Å². The van der Waals surface area contributed by atoms with Gasteiger partial charge in [-0.3, -0.25) is 4.79 Å². The zero-order valence-electron chi connectivity index (χ0n) is 11.5. The third-order valence-electron chi connectivity index (χ3n) is 2.94. The van der Waals surface area contributed by atoms with Crippen LogP contribution in [0.2, 0.25) is 0 Å². The number of hydrogen-bond acceptors (Lipinski definition) is 3. The van der Waals surface area contributed by atoms with Gasteiger partial charge in [-0.25, -0.2) is 13.8 Å². The zero-order valence-corrected chi connectivity index (χ0v) is 11.5. The number of hydrogen-bond donors (Lipinski definition) is 1. The molecular formula is C14H12F4N2O2. The highest BCUT2D eigenvalue weighted by molar-refractivity contribution is 5.92. The fourth-order valence-corrected chi connectivity index (χ4v) is 1.84. The number of rotatable bonds is 5. The largest absolute Gasteiger partial charge is 0.438 e. The van der Waals surface area contributed by atoms with Crippen LogP contribution in [0.3, 0.4) is 0 Å². The van der Waals surface area contributed by atoms with E-state index in [1.54, 1.807) is 6.92 Å². The molecule has 0 fully saturated rings. The lowest BCUT2D eigenvalue weighted by Gasteiger charge is -2.17. The Kier molecular flexibility index (Phi) is 4.48. The summed E-state index contributed by atoms with van der Waals surface area (Å²) >= 11 is 0. The van der Waals surface area contributed by atoms with E-state index in [4.69, 9.17) is 4.42 Å². The second-order valence-corrected chi connectivity index (χ2v) is 4.53. The molecule has 0 unspecified atom stereocenters. The first-order chi connectivity index (χ1) is 10.3. The number of amides is 1. The molecule has 0 saturated carbocycles. The van der Waals surface area contributed by atoms with Gasteiger partial charge in [0.15, 0.2) is 6.39 Å². The van der Waals surface area contributed by atoms with Crippen LogP contribution in [0.25, 0.3) is 0 Å². The fraction of sp³-hybridized carbons (Fsp3) is 0.286. The van der Waals surface area contributed by atoms with Crippen LogP contribution in [0.4, 0.5) is 17.6 Å². The van der Waals surface area contributed by atoms with Gasteiger partial charge in [-0.05, 0) is 18.6 Å². The molecule has 2 aromatic rings. The first-order valence-corrected chi connectivity index (χ1v) is 6.38. The molecular weight excluding hydrogens is 304 g/mol. The molecule has 8 heteroatoms. The van der Waals surface area contributed by atoms with Crippen LogP contribution >= 0.6 is 0 Å². The van der Waals surface area contributed by atoms with Gasteiger partial charge in [0, 0.05) is 11.6 Å². The molecule has 1 amide bonds. The minimum Gasteiger partial charge on any atom is -0.438 e. The molecule has 0 aliphatic carbocycles. The summed E-state index contributed by atoms with van der Waals surface area (Å²) in [5.41, 5.74) is -0.531. The normalized spacial score (nSPS) is 11.5. The lowest BCUT2D eigenvalue weighted by atomic mass is 10.1. The highest BCUT2D eigenvalue weighted by atomic mass is 19.3. The van der Waals surface area contributed by atoms with Crippen molar-refractivity contribution in [1.29, 1.82) is 0 Å². The maximum Gasteiger partial charge on any atom is 0.290 e. The van der Waals surface area contributed by atoms with Crippen molar-refractivity contribution < 1.29 is 26.8 Å². The van der Waals surface area contributed by atoms with Gasteiger partial charge in [-0.15, -0.1) is 0 Å². The number of nitrogens with one attached hydrogen (secondary N) is 1. The number of carbonyl (C=O) groups excluding carboxylic acids is 1. The predicted octanol–water partition coefficient (Wildman–Crippen LogP) is 3.04. The smallest absolute Gasteiger partial charge is 0.290 e. The van der Waals surface area contributed by atoms with Crippen molar-refractivity contribution in [3.63, 3.8) is 0 Å². The zero-order chi connectivity index (χ0) is 16.3. The summed E-state index contributed by atoms with van der Waals surface area (Å²) in [6, 6.07) is 1.52. The molecule has 1 aromatic heterocycles. The Labute approximate surface area is 123 Å². The fourth-order valence-electron chi connectivity index (χ4n) is 1.84. The summed E-state index contributed by atoms with van der Waals surface area (Å²) in [5, 5.41) is 1.97. The summed E-state index contributed by atoms with van der Waals surface area (Å²) < 4.78 is 58.6. The summed E-state index contributed by atoms with van der Waals surface area (Å²) in [5.74, 6) is -6.91. The Hall–Kier alpha value is -2.38. The summed E-state index contributed by atoms with van der Waals surface area (Å²) in [7, 11) is 0. The maximum atomic E-state index is 13.9. The molecule has 4 nitrogen and oxygen atoms in total. The van der Waals surface area contributed by atoms with Crippen LogP contribution in [0.1, 0.15) is 28.7 Å². The van der Waals surface area contributed by atoms with E-state index < -0.39 is 35.6 Å². The number of benzene rings is 1. The number of halogens is 4. The van der Waals surface area contributed by atoms with E-state index in [1.807, 2.05) is 5.32 Å². The van der Waals surface area contributed by atoms with Crippen LogP contribution in [0, 0.1) is 11.6 Å². The molecule has 0 aliphatic heterocycles. The van der Waals surface area contributed by atoms with Crippen LogP contribution in [-0.4, -0.2) is 17.4 Å². The second-order valence-electron chi connectivity index (χ2n) is 4.53. The number of carbonyl (C=O) groups is 1. The molecule has 2 rings (SSSR count). The van der Waals surface area contributed by atoms with Gasteiger partial charge >= 0.3 is 0 Å². The average molecular weight is 316 g/mol. The van der Waals surface area contributed by atoms with Crippen LogP contribution in [0.5, 0.6) is 0 Å². The van der Waals surface area contributed by atoms with Crippen molar-refractivity contribution in [1.82, 2.24) is 10.3 Å². The van der Waals surface area contributed by atoms with Gasteiger partial charge in [0.05, 0.1) is 12.2 Å². The Morgan fingerprint density at radius 1 is 1.27 bits per heavy atom. The number of aromatic nitrogens is 1. The van der Waals surface area contributed by atoms with Crippen molar-refractivity contribution in [2.45, 2.75) is 19.3 Å². The summed E-state index contributed by atoms with van der Waals surface area (Å²) in [6.07, 6.45) is 1.43. The minimum atomic E-state index is -3.63. The van der Waals surface area contributed by atoms with E-state index in [0.717, 1.165) is 6.39 Å². The molecule has 0 saturated heterocycles. The standard InChI is InChI=1S/C14H12F4N2O2/c1-2-11-12(22-7-20-11)13(21)19-6-14(17,18)8-3-9(15)5-10(16)4-8/h3-5,7H,2,6H2,1H3,(H,19,21). The van der Waals surface area contributed by atoms with Crippen molar-refractivity contribution in [3.05, 3.63) is 53.2 Å². The van der Waals surface area contributed by atoms with Crippen molar-refractivity contribution in [2.24, 2.45) is 0 Å². The predicted molar refractivity (Wildman–Crippen MR) is 68.5 cm³/mol. The molecule has 0 atom stereocenters. The van der Waals surface area contributed by atoms with Crippen LogP contribution < -0.4 is 5.32 Å². The van der Waals surface area contributed by atoms with Crippen molar-refractivity contribution in [2.75, 3.05) is 6.54 Å². The molecule has 22 heavy (non-hydrogen) atoms. The molecule has 1 aromatic carbocycles. The third kappa shape index (κ3) is 3.44. The summed E-state index contributed by atoms with van der Waals surface area (Å²) in [4.78, 5) is 15.5. The van der Waals surface area contributed by atoms with Gasteiger partial charge in [-0.2, -0.15) is 8.78 Å². The molecule has 1 heterocycles. The Morgan fingerprint density at radius 2 is 1.91 bits per heavy atom. The monoisotopic (exact) mass is 316 g/mol. The Balaban J connectivity index is 2.10. The lowest BCUT2D eigenvalue weighted by Crippen LogP contribution is -2.35. The Morgan fingerprint density at radius 3 is 2.50 bits per heavy atom. The number of nitrogens with zero attached hydrogens (tertiary/aromatic N) is 1. The van der Waals surface area contributed by atoms with Gasteiger partial charge in [0.25, 0.3) is 11.8 Å². The van der Waals surface area contributed by atoms with Gasteiger partial charge in [-0.1, -0.05) is 6.92 Å². The first-order valence-electron chi connectivity index (χ1n) is 6.38. The van der Waals surface area contributed by atoms with Crippen LogP contribution in [-0.2, 0) is 12.3 Å². The Bertz CT molecular complexity index is 665. The molecule has 0 radical (unpaired) electrons. The van der Waals surface area contributed by atoms with E-state index in [1.165, 1.54) is 0 Å². The lowest BCUT2D eigenvalue weighted by molar-refractivity contribution is -0.00329. The van der Waals surface area contributed by atoms with Crippen LogP contribution in [0.15, 0.2) is 29.0 Å². The average Bonchev–Trinajstić information content (AvgIpc) is 2.92.